The second-order valence-corrected chi connectivity index (χ2v) is 6.38. The van der Waals surface area contributed by atoms with Crippen LogP contribution in [-0.2, 0) is 19.5 Å². The summed E-state index contributed by atoms with van der Waals surface area (Å²) in [5, 5.41) is 8.62. The van der Waals surface area contributed by atoms with Gasteiger partial charge in [-0.3, -0.25) is 0 Å². The maximum absolute atomic E-state index is 6.28. The summed E-state index contributed by atoms with van der Waals surface area (Å²) in [5.41, 5.74) is 1.10. The van der Waals surface area contributed by atoms with Crippen LogP contribution < -0.4 is 14.8 Å². The van der Waals surface area contributed by atoms with E-state index in [9.17, 15) is 0 Å². The monoisotopic (exact) mass is 334 g/mol. The number of hydrogen-bond donors (Lipinski definition) is 1. The van der Waals surface area contributed by atoms with Crippen molar-refractivity contribution in [3.05, 3.63) is 34.4 Å². The third-order valence-electron chi connectivity index (χ3n) is 4.22. The molecule has 2 aliphatic heterocycles. The van der Waals surface area contributed by atoms with Crippen LogP contribution >= 0.6 is 11.6 Å². The van der Waals surface area contributed by atoms with E-state index in [1.165, 1.54) is 0 Å². The van der Waals surface area contributed by atoms with Crippen LogP contribution in [0.2, 0.25) is 5.02 Å². The van der Waals surface area contributed by atoms with Crippen molar-refractivity contribution in [1.29, 1.82) is 0 Å². The van der Waals surface area contributed by atoms with E-state index in [4.69, 9.17) is 21.1 Å². The molecular formula is C16H19ClN4O2. The number of fused-ring (bicyclic) bond motifs is 2. The number of nitrogens with zero attached hydrogens (tertiary/aromatic N) is 3. The molecular weight excluding hydrogens is 316 g/mol. The van der Waals surface area contributed by atoms with Crippen LogP contribution in [0.1, 0.15) is 23.6 Å². The smallest absolute Gasteiger partial charge is 0.179 e. The molecule has 2 aromatic rings. The highest BCUT2D eigenvalue weighted by Gasteiger charge is 2.21. The molecule has 7 heteroatoms. The molecule has 3 heterocycles. The number of ether oxygens (including phenoxy) is 2. The fourth-order valence-electron chi connectivity index (χ4n) is 3.13. The fourth-order valence-corrected chi connectivity index (χ4v) is 3.42. The van der Waals surface area contributed by atoms with Gasteiger partial charge in [0.2, 0.25) is 0 Å². The Morgan fingerprint density at radius 2 is 2.22 bits per heavy atom. The van der Waals surface area contributed by atoms with Gasteiger partial charge >= 0.3 is 0 Å². The number of halogens is 1. The topological polar surface area (TPSA) is 61.2 Å². The molecule has 6 nitrogen and oxygen atoms in total. The summed E-state index contributed by atoms with van der Waals surface area (Å²) in [6.07, 6.45) is 2.02. The molecule has 0 saturated heterocycles. The summed E-state index contributed by atoms with van der Waals surface area (Å²) in [6.45, 7) is 4.65. The minimum absolute atomic E-state index is 0.385. The first kappa shape index (κ1) is 14.8. The number of benzene rings is 1. The largest absolute Gasteiger partial charge is 0.486 e. The lowest BCUT2D eigenvalue weighted by Crippen LogP contribution is -2.37. The molecule has 0 aliphatic carbocycles. The predicted molar refractivity (Wildman–Crippen MR) is 86.1 cm³/mol. The van der Waals surface area contributed by atoms with Gasteiger partial charge in [0.15, 0.2) is 11.5 Å². The number of nitrogens with one attached hydrogen (secondary N) is 1. The van der Waals surface area contributed by atoms with Crippen molar-refractivity contribution in [1.82, 2.24) is 20.1 Å². The highest BCUT2D eigenvalue weighted by atomic mass is 35.5. The minimum atomic E-state index is 0.385. The zero-order valence-corrected chi connectivity index (χ0v) is 13.8. The Labute approximate surface area is 139 Å². The summed E-state index contributed by atoms with van der Waals surface area (Å²) in [4.78, 5) is 4.44. The van der Waals surface area contributed by atoms with E-state index in [2.05, 4.69) is 15.4 Å². The van der Waals surface area contributed by atoms with Gasteiger partial charge in [-0.05, 0) is 31.0 Å². The van der Waals surface area contributed by atoms with E-state index < -0.39 is 0 Å². The lowest BCUT2D eigenvalue weighted by atomic mass is 10.1. The zero-order valence-electron chi connectivity index (χ0n) is 13.0. The molecule has 0 saturated carbocycles. The molecule has 0 fully saturated rings. The first-order chi connectivity index (χ1) is 11.2. The van der Waals surface area contributed by atoms with Gasteiger partial charge in [0, 0.05) is 19.0 Å². The average Bonchev–Trinajstić information content (AvgIpc) is 2.92. The standard InChI is InChI=1S/C16H19ClN4O2/c1-10-19-15-3-2-12(9-21(15)20-10)18-8-11-6-13(17)16-14(7-11)22-4-5-23-16/h6-7,12,18H,2-5,8-9H2,1H3/t12-/m0/s1. The van der Waals surface area contributed by atoms with Crippen molar-refractivity contribution >= 4 is 11.6 Å². The van der Waals surface area contributed by atoms with Crippen LogP contribution in [0.3, 0.4) is 0 Å². The van der Waals surface area contributed by atoms with Crippen molar-refractivity contribution in [2.45, 2.75) is 38.9 Å². The zero-order chi connectivity index (χ0) is 15.8. The minimum Gasteiger partial charge on any atom is -0.486 e. The van der Waals surface area contributed by atoms with E-state index in [0.717, 1.165) is 48.9 Å². The molecule has 4 rings (SSSR count). The summed E-state index contributed by atoms with van der Waals surface area (Å²) >= 11 is 6.28. The first-order valence-electron chi connectivity index (χ1n) is 7.91. The fraction of sp³-hybridized carbons (Fsp3) is 0.500. The molecule has 0 bridgehead atoms. The van der Waals surface area contributed by atoms with Gasteiger partial charge in [0.05, 0.1) is 11.6 Å². The molecule has 122 valence electrons. The number of aryl methyl sites for hydroxylation is 2. The Bertz CT molecular complexity index is 731. The van der Waals surface area contributed by atoms with Crippen molar-refractivity contribution < 1.29 is 9.47 Å². The quantitative estimate of drug-likeness (QED) is 0.931. The summed E-state index contributed by atoms with van der Waals surface area (Å²) in [6, 6.07) is 4.33. The Hall–Kier alpha value is -1.79. The summed E-state index contributed by atoms with van der Waals surface area (Å²) in [7, 11) is 0. The molecule has 2 aliphatic rings. The SMILES string of the molecule is Cc1nc2n(n1)C[C@@H](NCc1cc(Cl)c3c(c1)OCCO3)CC2. The Kier molecular flexibility index (Phi) is 3.87. The maximum Gasteiger partial charge on any atom is 0.179 e. The third-order valence-corrected chi connectivity index (χ3v) is 4.50. The first-order valence-corrected chi connectivity index (χ1v) is 8.28. The van der Waals surface area contributed by atoms with Gasteiger partial charge in [0.25, 0.3) is 0 Å². The van der Waals surface area contributed by atoms with E-state index in [-0.39, 0.29) is 0 Å². The maximum atomic E-state index is 6.28. The second kappa shape index (κ2) is 6.02. The van der Waals surface area contributed by atoms with Gasteiger partial charge in [-0.2, -0.15) is 5.10 Å². The highest BCUT2D eigenvalue weighted by molar-refractivity contribution is 6.32. The van der Waals surface area contributed by atoms with Gasteiger partial charge in [-0.1, -0.05) is 11.6 Å². The molecule has 1 aromatic heterocycles. The van der Waals surface area contributed by atoms with E-state index >= 15 is 0 Å². The molecule has 0 unspecified atom stereocenters. The molecule has 1 aromatic carbocycles. The third kappa shape index (κ3) is 3.01. The number of hydrogen-bond acceptors (Lipinski definition) is 5. The van der Waals surface area contributed by atoms with Crippen molar-refractivity contribution in [2.75, 3.05) is 13.2 Å². The summed E-state index contributed by atoms with van der Waals surface area (Å²) in [5.74, 6) is 3.32. The number of rotatable bonds is 3. The molecule has 1 N–H and O–H groups in total. The van der Waals surface area contributed by atoms with Crippen LogP contribution in [0.4, 0.5) is 0 Å². The van der Waals surface area contributed by atoms with Crippen molar-refractivity contribution in [2.24, 2.45) is 0 Å². The lowest BCUT2D eigenvalue weighted by molar-refractivity contribution is 0.171. The normalized spacial score (nSPS) is 19.5. The lowest BCUT2D eigenvalue weighted by Gasteiger charge is -2.24. The van der Waals surface area contributed by atoms with Crippen LogP contribution in [0.25, 0.3) is 0 Å². The number of aromatic nitrogens is 3. The Morgan fingerprint density at radius 1 is 1.35 bits per heavy atom. The molecule has 0 amide bonds. The van der Waals surface area contributed by atoms with Crippen LogP contribution in [0.15, 0.2) is 12.1 Å². The predicted octanol–water partition coefficient (Wildman–Crippen LogP) is 2.12. The molecule has 23 heavy (non-hydrogen) atoms. The average molecular weight is 335 g/mol. The van der Waals surface area contributed by atoms with E-state index in [0.29, 0.717) is 30.0 Å². The van der Waals surface area contributed by atoms with Gasteiger partial charge in [-0.15, -0.1) is 0 Å². The summed E-state index contributed by atoms with van der Waals surface area (Å²) < 4.78 is 13.2. The van der Waals surface area contributed by atoms with Crippen molar-refractivity contribution in [3.63, 3.8) is 0 Å². The molecule has 1 atom stereocenters. The van der Waals surface area contributed by atoms with E-state index in [1.54, 1.807) is 0 Å². The van der Waals surface area contributed by atoms with Crippen LogP contribution in [0, 0.1) is 6.92 Å². The van der Waals surface area contributed by atoms with E-state index in [1.807, 2.05) is 23.7 Å². The Balaban J connectivity index is 1.43. The molecule has 0 spiro atoms. The highest BCUT2D eigenvalue weighted by Crippen LogP contribution is 2.38. The second-order valence-electron chi connectivity index (χ2n) is 5.98. The van der Waals surface area contributed by atoms with Crippen LogP contribution in [0.5, 0.6) is 11.5 Å². The Morgan fingerprint density at radius 3 is 3.13 bits per heavy atom. The van der Waals surface area contributed by atoms with Crippen LogP contribution in [-0.4, -0.2) is 34.0 Å². The van der Waals surface area contributed by atoms with Crippen molar-refractivity contribution in [3.8, 4) is 11.5 Å². The van der Waals surface area contributed by atoms with Gasteiger partial charge in [-0.25, -0.2) is 9.67 Å². The van der Waals surface area contributed by atoms with Gasteiger partial charge < -0.3 is 14.8 Å². The molecule has 0 radical (unpaired) electrons. The van der Waals surface area contributed by atoms with Gasteiger partial charge in [0.1, 0.15) is 24.9 Å².